The molecule has 0 unspecified atom stereocenters. The third-order valence-corrected chi connectivity index (χ3v) is 4.38. The number of nitro benzene ring substituents is 1. The zero-order valence-corrected chi connectivity index (χ0v) is 12.8. The molecule has 0 fully saturated rings. The first-order valence-corrected chi connectivity index (χ1v) is 7.89. The molecule has 0 radical (unpaired) electrons. The standard InChI is InChI=1S/C12H19N3O5S/c1-3-20-6-4-5-14-21(18,19)12-8-11(15(16)17)10(13)7-9(12)2/h7-8,14H,3-6,13H2,1-2H3. The first-order valence-electron chi connectivity index (χ1n) is 6.41. The lowest BCUT2D eigenvalue weighted by molar-refractivity contribution is -0.384. The zero-order valence-electron chi connectivity index (χ0n) is 12.0. The predicted octanol–water partition coefficient (Wildman–Crippen LogP) is 1.19. The molecule has 0 aliphatic heterocycles. The van der Waals surface area contributed by atoms with E-state index in [1.54, 1.807) is 0 Å². The molecule has 0 aliphatic rings. The maximum absolute atomic E-state index is 12.2. The molecule has 0 spiro atoms. The van der Waals surface area contributed by atoms with Crippen molar-refractivity contribution in [3.8, 4) is 0 Å². The lowest BCUT2D eigenvalue weighted by Crippen LogP contribution is -2.26. The summed E-state index contributed by atoms with van der Waals surface area (Å²) in [4.78, 5) is 9.99. The maximum atomic E-state index is 12.2. The van der Waals surface area contributed by atoms with Gasteiger partial charge in [0.2, 0.25) is 10.0 Å². The topological polar surface area (TPSA) is 125 Å². The Morgan fingerprint density at radius 1 is 1.43 bits per heavy atom. The maximum Gasteiger partial charge on any atom is 0.293 e. The summed E-state index contributed by atoms with van der Waals surface area (Å²) < 4.78 is 31.8. The molecule has 0 saturated carbocycles. The van der Waals surface area contributed by atoms with Crippen molar-refractivity contribution in [3.05, 3.63) is 27.8 Å². The second kappa shape index (κ2) is 7.34. The van der Waals surface area contributed by atoms with Gasteiger partial charge in [-0.1, -0.05) is 0 Å². The Morgan fingerprint density at radius 3 is 2.67 bits per heavy atom. The normalized spacial score (nSPS) is 11.5. The zero-order chi connectivity index (χ0) is 16.0. The van der Waals surface area contributed by atoms with Crippen molar-refractivity contribution < 1.29 is 18.1 Å². The van der Waals surface area contributed by atoms with Gasteiger partial charge in [-0.05, 0) is 31.9 Å². The average molecular weight is 317 g/mol. The molecule has 3 N–H and O–H groups in total. The summed E-state index contributed by atoms with van der Waals surface area (Å²) in [6.07, 6.45) is 0.517. The summed E-state index contributed by atoms with van der Waals surface area (Å²) >= 11 is 0. The highest BCUT2D eigenvalue weighted by Crippen LogP contribution is 2.28. The van der Waals surface area contributed by atoms with Gasteiger partial charge in [-0.2, -0.15) is 0 Å². The van der Waals surface area contributed by atoms with Gasteiger partial charge in [0.1, 0.15) is 5.69 Å². The summed E-state index contributed by atoms with van der Waals surface area (Å²) in [6, 6.07) is 2.27. The van der Waals surface area contributed by atoms with Gasteiger partial charge < -0.3 is 10.5 Å². The van der Waals surface area contributed by atoms with Gasteiger partial charge in [0.15, 0.2) is 0 Å². The van der Waals surface area contributed by atoms with E-state index in [4.69, 9.17) is 10.5 Å². The highest BCUT2D eigenvalue weighted by molar-refractivity contribution is 7.89. The molecule has 1 aromatic rings. The van der Waals surface area contributed by atoms with Crippen LogP contribution in [0.5, 0.6) is 0 Å². The Morgan fingerprint density at radius 2 is 2.10 bits per heavy atom. The van der Waals surface area contributed by atoms with E-state index in [-0.39, 0.29) is 17.1 Å². The molecule has 1 rings (SSSR count). The number of benzene rings is 1. The number of ether oxygens (including phenoxy) is 1. The molecule has 0 aromatic heterocycles. The van der Waals surface area contributed by atoms with Gasteiger partial charge in [0, 0.05) is 25.8 Å². The summed E-state index contributed by atoms with van der Waals surface area (Å²) in [5, 5.41) is 10.8. The number of rotatable bonds is 8. The van der Waals surface area contributed by atoms with Crippen molar-refractivity contribution >= 4 is 21.4 Å². The Kier molecular flexibility index (Phi) is 6.06. The number of hydrogen-bond acceptors (Lipinski definition) is 6. The molecular formula is C12H19N3O5S. The van der Waals surface area contributed by atoms with E-state index >= 15 is 0 Å². The first-order chi connectivity index (χ1) is 9.79. The number of nitrogens with two attached hydrogens (primary N) is 1. The molecule has 21 heavy (non-hydrogen) atoms. The van der Waals surface area contributed by atoms with E-state index in [9.17, 15) is 18.5 Å². The summed E-state index contributed by atoms with van der Waals surface area (Å²) in [6.45, 7) is 4.59. The third-order valence-electron chi connectivity index (χ3n) is 2.77. The number of nitro groups is 1. The van der Waals surface area contributed by atoms with Gasteiger partial charge in [-0.15, -0.1) is 0 Å². The van der Waals surface area contributed by atoms with Gasteiger partial charge in [0.05, 0.1) is 9.82 Å². The number of nitrogens with one attached hydrogen (secondary N) is 1. The van der Waals surface area contributed by atoms with Crippen LogP contribution in [0.4, 0.5) is 11.4 Å². The summed E-state index contributed by atoms with van der Waals surface area (Å²) in [5.74, 6) is 0. The number of hydrogen-bond donors (Lipinski definition) is 2. The molecule has 9 heteroatoms. The summed E-state index contributed by atoms with van der Waals surface area (Å²) in [5.41, 5.74) is 5.39. The van der Waals surface area contributed by atoms with Crippen LogP contribution in [0.15, 0.2) is 17.0 Å². The van der Waals surface area contributed by atoms with Crippen LogP contribution in [0.3, 0.4) is 0 Å². The van der Waals surface area contributed by atoms with Crippen LogP contribution in [0.25, 0.3) is 0 Å². The van der Waals surface area contributed by atoms with Crippen LogP contribution in [0.1, 0.15) is 18.9 Å². The fourth-order valence-corrected chi connectivity index (χ4v) is 3.07. The van der Waals surface area contributed by atoms with Crippen molar-refractivity contribution in [2.45, 2.75) is 25.2 Å². The SMILES string of the molecule is CCOCCCNS(=O)(=O)c1cc([N+](=O)[O-])c(N)cc1C. The molecule has 118 valence electrons. The van der Waals surface area contributed by atoms with Gasteiger partial charge in [-0.3, -0.25) is 10.1 Å². The minimum absolute atomic E-state index is 0.0622. The van der Waals surface area contributed by atoms with E-state index in [2.05, 4.69) is 4.72 Å². The van der Waals surface area contributed by atoms with Crippen molar-refractivity contribution in [1.29, 1.82) is 0 Å². The van der Waals surface area contributed by atoms with Crippen LogP contribution in [-0.4, -0.2) is 33.1 Å². The first kappa shape index (κ1) is 17.3. The molecule has 0 heterocycles. The van der Waals surface area contributed by atoms with E-state index in [0.717, 1.165) is 6.07 Å². The second-order valence-corrected chi connectivity index (χ2v) is 6.12. The van der Waals surface area contributed by atoms with Crippen molar-refractivity contribution in [2.24, 2.45) is 0 Å². The monoisotopic (exact) mass is 317 g/mol. The van der Waals surface area contributed by atoms with Crippen molar-refractivity contribution in [2.75, 3.05) is 25.5 Å². The lowest BCUT2D eigenvalue weighted by atomic mass is 10.2. The molecular weight excluding hydrogens is 298 g/mol. The van der Waals surface area contributed by atoms with Gasteiger partial charge >= 0.3 is 0 Å². The smallest absolute Gasteiger partial charge is 0.293 e. The van der Waals surface area contributed by atoms with Gasteiger partial charge in [0.25, 0.3) is 5.69 Å². The average Bonchev–Trinajstić information content (AvgIpc) is 2.37. The molecule has 0 aliphatic carbocycles. The van der Waals surface area contributed by atoms with Crippen LogP contribution < -0.4 is 10.5 Å². The van der Waals surface area contributed by atoms with Crippen LogP contribution in [-0.2, 0) is 14.8 Å². The minimum atomic E-state index is -3.82. The highest BCUT2D eigenvalue weighted by Gasteiger charge is 2.22. The van der Waals surface area contributed by atoms with Crippen LogP contribution in [0, 0.1) is 17.0 Å². The minimum Gasteiger partial charge on any atom is -0.393 e. The van der Waals surface area contributed by atoms with E-state index in [1.807, 2.05) is 6.92 Å². The number of anilines is 1. The lowest BCUT2D eigenvalue weighted by Gasteiger charge is -2.10. The summed E-state index contributed by atoms with van der Waals surface area (Å²) in [7, 11) is -3.82. The number of nitrogens with zero attached hydrogens (tertiary/aromatic N) is 1. The largest absolute Gasteiger partial charge is 0.393 e. The number of aryl methyl sites for hydroxylation is 1. The highest BCUT2D eigenvalue weighted by atomic mass is 32.2. The fraction of sp³-hybridized carbons (Fsp3) is 0.500. The quantitative estimate of drug-likeness (QED) is 0.321. The molecule has 0 amide bonds. The fourth-order valence-electron chi connectivity index (χ4n) is 1.75. The molecule has 8 nitrogen and oxygen atoms in total. The second-order valence-electron chi connectivity index (χ2n) is 4.38. The molecule has 0 bridgehead atoms. The van der Waals surface area contributed by atoms with Gasteiger partial charge in [-0.25, -0.2) is 13.1 Å². The Hall–Kier alpha value is -1.71. The Labute approximate surface area is 123 Å². The van der Waals surface area contributed by atoms with Crippen LogP contribution in [0.2, 0.25) is 0 Å². The van der Waals surface area contributed by atoms with E-state index in [1.165, 1.54) is 13.0 Å². The number of sulfonamides is 1. The van der Waals surface area contributed by atoms with E-state index < -0.39 is 20.6 Å². The van der Waals surface area contributed by atoms with Crippen LogP contribution >= 0.6 is 0 Å². The third kappa shape index (κ3) is 4.66. The Bertz CT molecular complexity index is 616. The molecule has 0 atom stereocenters. The van der Waals surface area contributed by atoms with E-state index in [0.29, 0.717) is 25.2 Å². The molecule has 0 saturated heterocycles. The number of nitrogen functional groups attached to an aromatic ring is 1. The van der Waals surface area contributed by atoms with Crippen molar-refractivity contribution in [1.82, 2.24) is 4.72 Å². The predicted molar refractivity (Wildman–Crippen MR) is 78.5 cm³/mol. The Balaban J connectivity index is 2.92. The molecule has 1 aromatic carbocycles. The van der Waals surface area contributed by atoms with Crippen molar-refractivity contribution in [3.63, 3.8) is 0 Å².